The first-order valence-corrected chi connectivity index (χ1v) is 4.40. The Morgan fingerprint density at radius 1 is 0.786 bits per heavy atom. The molecule has 0 aliphatic heterocycles. The van der Waals surface area contributed by atoms with E-state index in [-0.39, 0.29) is 0 Å². The summed E-state index contributed by atoms with van der Waals surface area (Å²) in [5.41, 5.74) is 1.76. The van der Waals surface area contributed by atoms with Crippen LogP contribution < -0.4 is 0 Å². The lowest BCUT2D eigenvalue weighted by atomic mass is 10.1. The predicted octanol–water partition coefficient (Wildman–Crippen LogP) is 2.18. The van der Waals surface area contributed by atoms with Crippen LogP contribution in [0.1, 0.15) is 0 Å². The van der Waals surface area contributed by atoms with Crippen LogP contribution in [0.2, 0.25) is 0 Å². The predicted molar refractivity (Wildman–Crippen MR) is 54.8 cm³/mol. The second-order valence-corrected chi connectivity index (χ2v) is 3.11. The quantitative estimate of drug-likeness (QED) is 0.499. The van der Waals surface area contributed by atoms with Gasteiger partial charge < -0.3 is 0 Å². The third-order valence-corrected chi connectivity index (χ3v) is 2.26. The molecule has 0 aliphatic carbocycles. The number of pyridine rings is 1. The van der Waals surface area contributed by atoms with E-state index in [0.29, 0.717) is 0 Å². The van der Waals surface area contributed by atoms with Crippen LogP contribution in [0.5, 0.6) is 0 Å². The van der Waals surface area contributed by atoms with Gasteiger partial charge in [-0.2, -0.15) is 0 Å². The lowest BCUT2D eigenvalue weighted by Crippen LogP contribution is -1.87. The van der Waals surface area contributed by atoms with Gasteiger partial charge >= 0.3 is 0 Å². The Morgan fingerprint density at radius 2 is 1.57 bits per heavy atom. The first kappa shape index (κ1) is 7.38. The lowest BCUT2D eigenvalue weighted by Gasteiger charge is -1.99. The summed E-state index contributed by atoms with van der Waals surface area (Å²) in [7, 11) is 0. The van der Waals surface area contributed by atoms with Crippen LogP contribution in [0.15, 0.2) is 42.7 Å². The Kier molecular flexibility index (Phi) is 1.44. The van der Waals surface area contributed by atoms with Crippen LogP contribution in [0.3, 0.4) is 0 Å². The molecule has 2 heterocycles. The number of fused-ring (bicyclic) bond motifs is 3. The van der Waals surface area contributed by atoms with Crippen LogP contribution >= 0.6 is 0 Å². The van der Waals surface area contributed by atoms with Gasteiger partial charge in [0, 0.05) is 17.0 Å². The highest BCUT2D eigenvalue weighted by atomic mass is 15.1. The molecule has 0 radical (unpaired) electrons. The molecule has 0 spiro atoms. The minimum Gasteiger partial charge on any atom is -0.262 e. The Balaban J connectivity index is 2.61. The van der Waals surface area contributed by atoms with E-state index >= 15 is 0 Å². The van der Waals surface area contributed by atoms with Crippen molar-refractivity contribution in [2.45, 2.75) is 0 Å². The van der Waals surface area contributed by atoms with Gasteiger partial charge in [-0.3, -0.25) is 4.98 Å². The number of benzene rings is 1. The van der Waals surface area contributed by atoms with Crippen molar-refractivity contribution in [3.05, 3.63) is 42.7 Å². The fourth-order valence-electron chi connectivity index (χ4n) is 1.59. The minimum atomic E-state index is 0.839. The largest absolute Gasteiger partial charge is 0.262 e. The molecule has 0 amide bonds. The third kappa shape index (κ3) is 0.956. The van der Waals surface area contributed by atoms with Crippen molar-refractivity contribution in [1.82, 2.24) is 15.2 Å². The normalized spacial score (nSPS) is 10.9. The van der Waals surface area contributed by atoms with Gasteiger partial charge in [-0.1, -0.05) is 18.2 Å². The molecule has 0 saturated heterocycles. The minimum absolute atomic E-state index is 0.839. The fraction of sp³-hybridized carbons (Fsp3) is 0. The van der Waals surface area contributed by atoms with Gasteiger partial charge in [0.05, 0.1) is 11.7 Å². The van der Waals surface area contributed by atoms with Crippen molar-refractivity contribution in [2.75, 3.05) is 0 Å². The lowest BCUT2D eigenvalue weighted by molar-refractivity contribution is 1.11. The van der Waals surface area contributed by atoms with E-state index in [4.69, 9.17) is 0 Å². The highest BCUT2D eigenvalue weighted by molar-refractivity contribution is 6.02. The van der Waals surface area contributed by atoms with Crippen LogP contribution in [0.4, 0.5) is 0 Å². The molecule has 0 N–H and O–H groups in total. The molecule has 3 aromatic rings. The maximum absolute atomic E-state index is 4.12. The molecular weight excluding hydrogens is 174 g/mol. The zero-order valence-electron chi connectivity index (χ0n) is 7.38. The molecule has 0 atom stereocenters. The van der Waals surface area contributed by atoms with E-state index in [1.807, 2.05) is 30.3 Å². The summed E-state index contributed by atoms with van der Waals surface area (Å²) in [5, 5.41) is 10.4. The summed E-state index contributed by atoms with van der Waals surface area (Å²) in [6.07, 6.45) is 3.51. The highest BCUT2D eigenvalue weighted by Crippen LogP contribution is 2.19. The fourth-order valence-corrected chi connectivity index (χ4v) is 1.59. The van der Waals surface area contributed by atoms with Crippen molar-refractivity contribution >= 4 is 21.8 Å². The summed E-state index contributed by atoms with van der Waals surface area (Å²) >= 11 is 0. The van der Waals surface area contributed by atoms with Crippen molar-refractivity contribution < 1.29 is 0 Å². The second kappa shape index (κ2) is 2.73. The standard InChI is InChI=1S/C11H7N3/c1-2-4-10-8(3-1)9-5-6-12-7-11(9)14-13-10/h1-7H. The van der Waals surface area contributed by atoms with Crippen molar-refractivity contribution in [1.29, 1.82) is 0 Å². The van der Waals surface area contributed by atoms with Gasteiger partial charge in [0.1, 0.15) is 5.52 Å². The van der Waals surface area contributed by atoms with E-state index in [9.17, 15) is 0 Å². The van der Waals surface area contributed by atoms with Gasteiger partial charge in [-0.05, 0) is 12.1 Å². The highest BCUT2D eigenvalue weighted by Gasteiger charge is 2.00. The van der Waals surface area contributed by atoms with Gasteiger partial charge in [0.15, 0.2) is 0 Å². The average molecular weight is 181 g/mol. The Hall–Kier alpha value is -2.03. The summed E-state index contributed by atoms with van der Waals surface area (Å²) in [5.74, 6) is 0. The first-order chi connectivity index (χ1) is 6.95. The topological polar surface area (TPSA) is 38.7 Å². The van der Waals surface area contributed by atoms with Crippen LogP contribution in [0, 0.1) is 0 Å². The van der Waals surface area contributed by atoms with Crippen molar-refractivity contribution in [3.8, 4) is 0 Å². The molecule has 0 saturated carbocycles. The number of hydrogen-bond donors (Lipinski definition) is 0. The number of hydrogen-bond acceptors (Lipinski definition) is 3. The average Bonchev–Trinajstić information content (AvgIpc) is 2.29. The van der Waals surface area contributed by atoms with E-state index in [1.165, 1.54) is 0 Å². The van der Waals surface area contributed by atoms with Crippen molar-refractivity contribution in [2.24, 2.45) is 0 Å². The Morgan fingerprint density at radius 3 is 2.57 bits per heavy atom. The van der Waals surface area contributed by atoms with E-state index < -0.39 is 0 Å². The molecule has 3 rings (SSSR count). The third-order valence-electron chi connectivity index (χ3n) is 2.26. The van der Waals surface area contributed by atoms with Gasteiger partial charge in [0.25, 0.3) is 0 Å². The summed E-state index contributed by atoms with van der Waals surface area (Å²) in [4.78, 5) is 4.02. The molecule has 2 aromatic heterocycles. The summed E-state index contributed by atoms with van der Waals surface area (Å²) < 4.78 is 0. The molecule has 3 heteroatoms. The summed E-state index contributed by atoms with van der Waals surface area (Å²) in [6, 6.07) is 9.94. The van der Waals surface area contributed by atoms with Crippen molar-refractivity contribution in [3.63, 3.8) is 0 Å². The number of nitrogens with zero attached hydrogens (tertiary/aromatic N) is 3. The van der Waals surface area contributed by atoms with Gasteiger partial charge in [0.2, 0.25) is 0 Å². The molecule has 0 fully saturated rings. The zero-order chi connectivity index (χ0) is 9.38. The first-order valence-electron chi connectivity index (χ1n) is 4.40. The maximum Gasteiger partial charge on any atom is 0.112 e. The SMILES string of the molecule is c1ccc2c(c1)nnc1cnccc12. The molecule has 0 aliphatic rings. The smallest absolute Gasteiger partial charge is 0.112 e. The molecule has 66 valence electrons. The van der Waals surface area contributed by atoms with Crippen LogP contribution in [0.25, 0.3) is 21.8 Å². The zero-order valence-corrected chi connectivity index (χ0v) is 7.38. The maximum atomic E-state index is 4.12. The monoisotopic (exact) mass is 181 g/mol. The number of aromatic nitrogens is 3. The van der Waals surface area contributed by atoms with Gasteiger partial charge in [-0.15, -0.1) is 10.2 Å². The Bertz CT molecular complexity index is 550. The second-order valence-electron chi connectivity index (χ2n) is 3.11. The molecule has 1 aromatic carbocycles. The van der Waals surface area contributed by atoms with Crippen LogP contribution in [-0.4, -0.2) is 15.2 Å². The van der Waals surface area contributed by atoms with E-state index in [2.05, 4.69) is 15.2 Å². The number of rotatable bonds is 0. The molecule has 0 bridgehead atoms. The van der Waals surface area contributed by atoms with E-state index in [1.54, 1.807) is 12.4 Å². The molecule has 3 nitrogen and oxygen atoms in total. The molecular formula is C11H7N3. The Labute approximate surface area is 80.4 Å². The van der Waals surface area contributed by atoms with Crippen LogP contribution in [-0.2, 0) is 0 Å². The summed E-state index contributed by atoms with van der Waals surface area (Å²) in [6.45, 7) is 0. The van der Waals surface area contributed by atoms with E-state index in [0.717, 1.165) is 21.8 Å². The molecule has 0 unspecified atom stereocenters. The van der Waals surface area contributed by atoms with Gasteiger partial charge in [-0.25, -0.2) is 0 Å². The molecule has 14 heavy (non-hydrogen) atoms.